The third-order valence-corrected chi connectivity index (χ3v) is 7.30. The van der Waals surface area contributed by atoms with Crippen molar-refractivity contribution in [1.82, 2.24) is 20.5 Å². The maximum absolute atomic E-state index is 12.9. The van der Waals surface area contributed by atoms with E-state index in [4.69, 9.17) is 0 Å². The number of nitrogens with one attached hydrogen (secondary N) is 3. The number of sulfonamides is 1. The number of amides is 2. The van der Waals surface area contributed by atoms with Gasteiger partial charge in [-0.3, -0.25) is 24.6 Å². The molecule has 2 heterocycles. The lowest BCUT2D eigenvalue weighted by Gasteiger charge is -2.11. The van der Waals surface area contributed by atoms with E-state index in [0.29, 0.717) is 16.9 Å². The molecule has 3 N–H and O–H groups in total. The normalized spacial score (nSPS) is 11.0. The molecule has 0 aliphatic carbocycles. The van der Waals surface area contributed by atoms with Crippen LogP contribution in [0.1, 0.15) is 31.8 Å². The lowest BCUT2D eigenvalue weighted by Crippen LogP contribution is -2.25. The highest BCUT2D eigenvalue weighted by molar-refractivity contribution is 7.94. The average Bonchev–Trinajstić information content (AvgIpc) is 3.33. The van der Waals surface area contributed by atoms with Crippen LogP contribution in [0, 0.1) is 6.92 Å². The summed E-state index contributed by atoms with van der Waals surface area (Å²) in [6, 6.07) is 16.7. The second kappa shape index (κ2) is 10.4. The third-order valence-electron chi connectivity index (χ3n) is 4.73. The van der Waals surface area contributed by atoms with Crippen LogP contribution in [0.25, 0.3) is 0 Å². The largest absolute Gasteiger partial charge is 0.348 e. The summed E-state index contributed by atoms with van der Waals surface area (Å²) in [6.45, 7) is 2.09. The molecule has 178 valence electrons. The number of pyridine rings is 1. The summed E-state index contributed by atoms with van der Waals surface area (Å²) < 4.78 is 27.9. The third kappa shape index (κ3) is 6.05. The fourth-order valence-electron chi connectivity index (χ4n) is 3.06. The van der Waals surface area contributed by atoms with Crippen LogP contribution in [0.5, 0.6) is 0 Å². The predicted octanol–water partition coefficient (Wildman–Crippen LogP) is 3.22. The first-order valence-corrected chi connectivity index (χ1v) is 12.6. The molecule has 0 aliphatic heterocycles. The Morgan fingerprint density at radius 3 is 2.57 bits per heavy atom. The second-order valence-electron chi connectivity index (χ2n) is 7.39. The van der Waals surface area contributed by atoms with Gasteiger partial charge in [0.25, 0.3) is 26.2 Å². The summed E-state index contributed by atoms with van der Waals surface area (Å²) in [5.41, 5.74) is 2.33. The van der Waals surface area contributed by atoms with Crippen molar-refractivity contribution in [3.05, 3.63) is 95.3 Å². The number of aromatic nitrogens is 3. The molecule has 2 amide bonds. The molecule has 0 spiro atoms. The average molecular weight is 509 g/mol. The molecular formula is C23H20N6O4S2. The van der Waals surface area contributed by atoms with Crippen molar-refractivity contribution < 1.29 is 18.0 Å². The maximum atomic E-state index is 12.9. The molecule has 2 aromatic heterocycles. The van der Waals surface area contributed by atoms with E-state index in [1.165, 1.54) is 12.1 Å². The second-order valence-corrected chi connectivity index (χ2v) is 10.2. The van der Waals surface area contributed by atoms with Gasteiger partial charge in [-0.1, -0.05) is 47.2 Å². The van der Waals surface area contributed by atoms with Gasteiger partial charge < -0.3 is 5.32 Å². The first-order chi connectivity index (χ1) is 16.8. The molecule has 0 aliphatic rings. The van der Waals surface area contributed by atoms with Gasteiger partial charge in [0, 0.05) is 24.5 Å². The van der Waals surface area contributed by atoms with E-state index in [1.54, 1.807) is 48.8 Å². The number of rotatable bonds is 8. The number of hydrogen-bond acceptors (Lipinski definition) is 8. The molecular weight excluding hydrogens is 488 g/mol. The minimum absolute atomic E-state index is 0.0272. The highest BCUT2D eigenvalue weighted by Crippen LogP contribution is 2.25. The van der Waals surface area contributed by atoms with Crippen LogP contribution in [0.3, 0.4) is 0 Å². The number of hydrogen-bond donors (Lipinski definition) is 3. The van der Waals surface area contributed by atoms with Crippen LogP contribution in [0.2, 0.25) is 0 Å². The van der Waals surface area contributed by atoms with Crippen molar-refractivity contribution in [2.24, 2.45) is 0 Å². The van der Waals surface area contributed by atoms with Crippen LogP contribution in [0.4, 0.5) is 10.8 Å². The lowest BCUT2D eigenvalue weighted by atomic mass is 10.1. The first-order valence-electron chi connectivity index (χ1n) is 10.3. The molecule has 10 nitrogen and oxygen atoms in total. The number of nitrogens with zero attached hydrogens (tertiary/aromatic N) is 3. The zero-order valence-electron chi connectivity index (χ0n) is 18.4. The predicted molar refractivity (Wildman–Crippen MR) is 132 cm³/mol. The Kier molecular flexibility index (Phi) is 7.13. The van der Waals surface area contributed by atoms with Crippen molar-refractivity contribution in [1.29, 1.82) is 0 Å². The van der Waals surface area contributed by atoms with E-state index in [2.05, 4.69) is 30.5 Å². The highest BCUT2D eigenvalue weighted by atomic mass is 32.2. The Hall–Kier alpha value is -4.16. The Labute approximate surface area is 205 Å². The van der Waals surface area contributed by atoms with Gasteiger partial charge in [0.05, 0.1) is 11.3 Å². The fraction of sp³-hybridized carbons (Fsp3) is 0.0870. The van der Waals surface area contributed by atoms with E-state index >= 15 is 0 Å². The SMILES string of the molecule is Cc1cccc(C(=O)Nc2nnc(S(=O)(=O)Nc3ccccc3C(=O)NCc3cccnc3)s2)c1. The fourth-order valence-corrected chi connectivity index (χ4v) is 5.04. The van der Waals surface area contributed by atoms with Gasteiger partial charge in [0.1, 0.15) is 0 Å². The van der Waals surface area contributed by atoms with Gasteiger partial charge in [-0.15, -0.1) is 10.2 Å². The molecule has 4 aromatic rings. The number of benzene rings is 2. The molecule has 35 heavy (non-hydrogen) atoms. The molecule has 0 saturated heterocycles. The van der Waals surface area contributed by atoms with Crippen molar-refractivity contribution >= 4 is 44.0 Å². The quantitative estimate of drug-likeness (QED) is 0.310. The lowest BCUT2D eigenvalue weighted by molar-refractivity contribution is 0.0951. The van der Waals surface area contributed by atoms with Crippen LogP contribution in [-0.4, -0.2) is 35.4 Å². The Morgan fingerprint density at radius 2 is 1.80 bits per heavy atom. The Balaban J connectivity index is 1.46. The number of anilines is 2. The molecule has 0 radical (unpaired) electrons. The molecule has 4 rings (SSSR count). The summed E-state index contributed by atoms with van der Waals surface area (Å²) in [7, 11) is -4.17. The Bertz CT molecular complexity index is 1470. The smallest absolute Gasteiger partial charge is 0.291 e. The molecule has 12 heteroatoms. The summed E-state index contributed by atoms with van der Waals surface area (Å²) in [4.78, 5) is 29.1. The van der Waals surface area contributed by atoms with Crippen molar-refractivity contribution in [3.63, 3.8) is 0 Å². The van der Waals surface area contributed by atoms with E-state index in [1.807, 2.05) is 19.1 Å². The topological polar surface area (TPSA) is 143 Å². The van der Waals surface area contributed by atoms with Crippen LogP contribution >= 0.6 is 11.3 Å². The number of para-hydroxylation sites is 1. The van der Waals surface area contributed by atoms with E-state index < -0.39 is 21.8 Å². The minimum Gasteiger partial charge on any atom is -0.348 e. The summed E-state index contributed by atoms with van der Waals surface area (Å²) in [5.74, 6) is -0.895. The highest BCUT2D eigenvalue weighted by Gasteiger charge is 2.23. The van der Waals surface area contributed by atoms with E-state index in [0.717, 1.165) is 11.1 Å². The van der Waals surface area contributed by atoms with Crippen molar-refractivity contribution in [2.45, 2.75) is 17.8 Å². The van der Waals surface area contributed by atoms with Gasteiger partial charge in [-0.25, -0.2) is 0 Å². The maximum Gasteiger partial charge on any atom is 0.291 e. The van der Waals surface area contributed by atoms with Gasteiger partial charge in [-0.2, -0.15) is 8.42 Å². The monoisotopic (exact) mass is 508 g/mol. The van der Waals surface area contributed by atoms with Crippen LogP contribution in [0.15, 0.2) is 77.4 Å². The van der Waals surface area contributed by atoms with Gasteiger partial charge in [0.15, 0.2) is 0 Å². The summed E-state index contributed by atoms with van der Waals surface area (Å²) >= 11 is 0.696. The minimum atomic E-state index is -4.17. The zero-order valence-corrected chi connectivity index (χ0v) is 20.1. The van der Waals surface area contributed by atoms with Gasteiger partial charge in [0.2, 0.25) is 5.13 Å². The summed E-state index contributed by atoms with van der Waals surface area (Å²) in [6.07, 6.45) is 3.25. The molecule has 0 unspecified atom stereocenters. The van der Waals surface area contributed by atoms with Crippen molar-refractivity contribution in [3.8, 4) is 0 Å². The summed E-state index contributed by atoms with van der Waals surface area (Å²) in [5, 5.41) is 12.8. The zero-order chi connectivity index (χ0) is 24.8. The van der Waals surface area contributed by atoms with Crippen LogP contribution < -0.4 is 15.4 Å². The van der Waals surface area contributed by atoms with Crippen LogP contribution in [-0.2, 0) is 16.6 Å². The number of carbonyl (C=O) groups excluding carboxylic acids is 2. The number of carbonyl (C=O) groups is 2. The number of aryl methyl sites for hydroxylation is 1. The Morgan fingerprint density at radius 1 is 0.971 bits per heavy atom. The standard InChI is InChI=1S/C23H20N6O4S2/c1-15-6-4-8-17(12-15)20(30)26-22-27-28-23(34-22)35(32,33)29-19-10-3-2-9-18(19)21(31)25-14-16-7-5-11-24-13-16/h2-13,29H,14H2,1H3,(H,25,31)(H,26,27,30). The van der Waals surface area contributed by atoms with Crippen molar-refractivity contribution in [2.75, 3.05) is 10.0 Å². The van der Waals surface area contributed by atoms with Gasteiger partial charge >= 0.3 is 0 Å². The van der Waals surface area contributed by atoms with E-state index in [9.17, 15) is 18.0 Å². The first kappa shape index (κ1) is 24.0. The molecule has 0 atom stereocenters. The van der Waals surface area contributed by atoms with Gasteiger partial charge in [-0.05, 0) is 42.8 Å². The molecule has 0 saturated carbocycles. The molecule has 2 aromatic carbocycles. The van der Waals surface area contributed by atoms with E-state index in [-0.39, 0.29) is 27.3 Å². The molecule has 0 fully saturated rings. The molecule has 0 bridgehead atoms.